The van der Waals surface area contributed by atoms with Gasteiger partial charge in [0, 0.05) is 18.2 Å². The van der Waals surface area contributed by atoms with Crippen LogP contribution in [0.2, 0.25) is 0 Å². The van der Waals surface area contributed by atoms with Crippen LogP contribution in [0.25, 0.3) is 0 Å². The van der Waals surface area contributed by atoms with Crippen LogP contribution in [0, 0.1) is 0 Å². The first-order chi connectivity index (χ1) is 12.6. The summed E-state index contributed by atoms with van der Waals surface area (Å²) >= 11 is 0. The van der Waals surface area contributed by atoms with E-state index in [-0.39, 0.29) is 19.1 Å². The number of benzene rings is 1. The molecule has 3 N–H and O–H groups in total. The lowest BCUT2D eigenvalue weighted by Crippen LogP contribution is -2.11. The average molecular weight is 397 g/mol. The van der Waals surface area contributed by atoms with Gasteiger partial charge in [0.05, 0.1) is 27.9 Å². The number of hydrogen-bond donors (Lipinski definition) is 2. The van der Waals surface area contributed by atoms with Crippen molar-refractivity contribution in [3.63, 3.8) is 0 Å². The maximum Gasteiger partial charge on any atom is 0.226 e. The van der Waals surface area contributed by atoms with Gasteiger partial charge >= 0.3 is 0 Å². The van der Waals surface area contributed by atoms with Gasteiger partial charge in [-0.2, -0.15) is 4.98 Å². The van der Waals surface area contributed by atoms with E-state index >= 15 is 0 Å². The van der Waals surface area contributed by atoms with Crippen LogP contribution in [0.4, 0.5) is 11.8 Å². The van der Waals surface area contributed by atoms with E-state index in [2.05, 4.69) is 21.9 Å². The van der Waals surface area contributed by atoms with E-state index in [1.165, 1.54) is 0 Å². The number of aromatic nitrogens is 2. The van der Waals surface area contributed by atoms with Gasteiger partial charge in [0.1, 0.15) is 12.5 Å². The van der Waals surface area contributed by atoms with Gasteiger partial charge in [0.25, 0.3) is 0 Å². The molecular formula is C18H25ClN4O4. The number of ether oxygens (including phenoxy) is 4. The summed E-state index contributed by atoms with van der Waals surface area (Å²) in [6, 6.07) is 3.74. The summed E-state index contributed by atoms with van der Waals surface area (Å²) in [5, 5.41) is 2.93. The van der Waals surface area contributed by atoms with E-state index in [4.69, 9.17) is 24.7 Å². The summed E-state index contributed by atoms with van der Waals surface area (Å²) in [7, 11) is 4.72. The van der Waals surface area contributed by atoms with E-state index < -0.39 is 0 Å². The molecule has 9 heteroatoms. The van der Waals surface area contributed by atoms with E-state index in [9.17, 15) is 0 Å². The molecular weight excluding hydrogens is 372 g/mol. The Labute approximate surface area is 165 Å². The Morgan fingerprint density at radius 1 is 1.15 bits per heavy atom. The zero-order chi connectivity index (χ0) is 18.9. The van der Waals surface area contributed by atoms with E-state index in [1.807, 2.05) is 12.1 Å². The van der Waals surface area contributed by atoms with Crippen LogP contribution in [0.3, 0.4) is 0 Å². The normalized spacial score (nSPS) is 9.89. The molecule has 148 valence electrons. The first-order valence-corrected chi connectivity index (χ1v) is 7.95. The van der Waals surface area contributed by atoms with Gasteiger partial charge in [-0.15, -0.1) is 19.0 Å². The molecule has 8 nitrogen and oxygen atoms in total. The predicted octanol–water partition coefficient (Wildman–Crippen LogP) is 2.67. The molecule has 0 saturated carbocycles. The minimum absolute atomic E-state index is 0. The fourth-order valence-corrected chi connectivity index (χ4v) is 2.36. The molecule has 1 heterocycles. The van der Waals surface area contributed by atoms with Crippen molar-refractivity contribution in [1.29, 1.82) is 0 Å². The number of nitrogens with two attached hydrogens (primary N) is 1. The van der Waals surface area contributed by atoms with Crippen LogP contribution < -0.4 is 25.3 Å². The molecule has 2 aromatic rings. The zero-order valence-electron chi connectivity index (χ0n) is 15.7. The van der Waals surface area contributed by atoms with Crippen molar-refractivity contribution in [3.05, 3.63) is 42.1 Å². The highest BCUT2D eigenvalue weighted by Crippen LogP contribution is 2.38. The number of hydrogen-bond acceptors (Lipinski definition) is 8. The monoisotopic (exact) mass is 396 g/mol. The Morgan fingerprint density at radius 2 is 1.81 bits per heavy atom. The lowest BCUT2D eigenvalue weighted by Gasteiger charge is -2.14. The zero-order valence-corrected chi connectivity index (χ0v) is 16.5. The molecule has 0 atom stereocenters. The van der Waals surface area contributed by atoms with Crippen LogP contribution in [-0.2, 0) is 11.2 Å². The molecule has 0 aliphatic rings. The standard InChI is InChI=1S/C18H24N4O4.ClH/c1-5-6-26-11-21-18-20-10-13(17(19)22-18)7-12-8-14(23-2)16(25-4)15(9-12)24-3;/h5,8-10H,1,6-7,11H2,2-4H3,(H3,19,20,21,22);1H. The summed E-state index contributed by atoms with van der Waals surface area (Å²) in [4.78, 5) is 8.51. The Bertz CT molecular complexity index is 733. The highest BCUT2D eigenvalue weighted by atomic mass is 35.5. The molecule has 0 radical (unpaired) electrons. The molecule has 0 spiro atoms. The van der Waals surface area contributed by atoms with E-state index in [1.54, 1.807) is 33.6 Å². The smallest absolute Gasteiger partial charge is 0.226 e. The molecule has 0 saturated heterocycles. The minimum Gasteiger partial charge on any atom is -0.493 e. The van der Waals surface area contributed by atoms with Gasteiger partial charge in [-0.1, -0.05) is 6.08 Å². The Morgan fingerprint density at radius 3 is 2.33 bits per heavy atom. The predicted molar refractivity (Wildman–Crippen MR) is 107 cm³/mol. The number of nitrogen functional groups attached to an aromatic ring is 1. The summed E-state index contributed by atoms with van der Waals surface area (Å²) in [5.41, 5.74) is 7.79. The van der Waals surface area contributed by atoms with Crippen LogP contribution in [0.15, 0.2) is 31.0 Å². The Kier molecular flexibility index (Phi) is 9.18. The first-order valence-electron chi connectivity index (χ1n) is 7.95. The van der Waals surface area contributed by atoms with Crippen LogP contribution in [-0.4, -0.2) is 44.6 Å². The van der Waals surface area contributed by atoms with Crippen LogP contribution >= 0.6 is 12.4 Å². The molecule has 27 heavy (non-hydrogen) atoms. The Balaban J connectivity index is 0.00000364. The summed E-state index contributed by atoms with van der Waals surface area (Å²) in [6.07, 6.45) is 3.87. The van der Waals surface area contributed by atoms with E-state index in [0.717, 1.165) is 11.1 Å². The number of nitrogens with one attached hydrogen (secondary N) is 1. The van der Waals surface area contributed by atoms with Crippen molar-refractivity contribution in [1.82, 2.24) is 9.97 Å². The maximum atomic E-state index is 6.06. The van der Waals surface area contributed by atoms with Crippen LogP contribution in [0.5, 0.6) is 17.2 Å². The van der Waals surface area contributed by atoms with Crippen molar-refractivity contribution in [2.24, 2.45) is 0 Å². The lowest BCUT2D eigenvalue weighted by atomic mass is 10.1. The summed E-state index contributed by atoms with van der Waals surface area (Å²) in [5.74, 6) is 2.50. The number of halogens is 1. The molecule has 0 amide bonds. The third-order valence-corrected chi connectivity index (χ3v) is 3.59. The SMILES string of the molecule is C=CCOCNc1ncc(Cc2cc(OC)c(OC)c(OC)c2)c(N)n1.Cl. The van der Waals surface area contributed by atoms with Gasteiger partial charge in [0.15, 0.2) is 11.5 Å². The number of anilines is 2. The van der Waals surface area contributed by atoms with Crippen molar-refractivity contribution in [2.45, 2.75) is 6.42 Å². The fraction of sp³-hybridized carbons (Fsp3) is 0.333. The van der Waals surface area contributed by atoms with Gasteiger partial charge in [-0.05, 0) is 17.7 Å². The second-order valence-corrected chi connectivity index (χ2v) is 5.30. The van der Waals surface area contributed by atoms with Crippen molar-refractivity contribution >= 4 is 24.2 Å². The van der Waals surface area contributed by atoms with Crippen molar-refractivity contribution < 1.29 is 18.9 Å². The average Bonchev–Trinajstić information content (AvgIpc) is 2.66. The van der Waals surface area contributed by atoms with Crippen molar-refractivity contribution in [2.75, 3.05) is 45.7 Å². The molecule has 1 aromatic carbocycles. The molecule has 0 bridgehead atoms. The largest absolute Gasteiger partial charge is 0.493 e. The maximum absolute atomic E-state index is 6.06. The topological polar surface area (TPSA) is 101 Å². The fourth-order valence-electron chi connectivity index (χ4n) is 2.36. The Hall–Kier alpha value is -2.71. The molecule has 0 aliphatic carbocycles. The summed E-state index contributed by atoms with van der Waals surface area (Å²) in [6.45, 7) is 4.30. The molecule has 0 fully saturated rings. The third-order valence-electron chi connectivity index (χ3n) is 3.59. The second kappa shape index (κ2) is 11.1. The quantitative estimate of drug-likeness (QED) is 0.359. The minimum atomic E-state index is 0. The molecule has 2 rings (SSSR count). The van der Waals surface area contributed by atoms with Gasteiger partial charge in [-0.3, -0.25) is 0 Å². The molecule has 0 aliphatic heterocycles. The molecule has 0 unspecified atom stereocenters. The second-order valence-electron chi connectivity index (χ2n) is 5.30. The number of methoxy groups -OCH3 is 3. The highest BCUT2D eigenvalue weighted by Gasteiger charge is 2.14. The first kappa shape index (κ1) is 22.3. The third kappa shape index (κ3) is 5.90. The van der Waals surface area contributed by atoms with Gasteiger partial charge in [0.2, 0.25) is 11.7 Å². The lowest BCUT2D eigenvalue weighted by molar-refractivity contribution is 0.182. The van der Waals surface area contributed by atoms with Gasteiger partial charge < -0.3 is 30.0 Å². The van der Waals surface area contributed by atoms with Crippen molar-refractivity contribution in [3.8, 4) is 17.2 Å². The number of rotatable bonds is 10. The van der Waals surface area contributed by atoms with Gasteiger partial charge in [-0.25, -0.2) is 4.98 Å². The highest BCUT2D eigenvalue weighted by molar-refractivity contribution is 5.85. The number of nitrogens with zero attached hydrogens (tertiary/aromatic N) is 2. The molecule has 1 aromatic heterocycles. The summed E-state index contributed by atoms with van der Waals surface area (Å²) < 4.78 is 21.3. The van der Waals surface area contributed by atoms with Crippen LogP contribution in [0.1, 0.15) is 11.1 Å². The van der Waals surface area contributed by atoms with E-state index in [0.29, 0.717) is 42.0 Å².